The normalized spacial score (nSPS) is 9.95. The number of carbonyl (C=O) groups is 2. The maximum absolute atomic E-state index is 11.8. The van der Waals surface area contributed by atoms with Gasteiger partial charge in [0.1, 0.15) is 6.54 Å². The van der Waals surface area contributed by atoms with Gasteiger partial charge in [-0.2, -0.15) is 0 Å². The summed E-state index contributed by atoms with van der Waals surface area (Å²) in [6.07, 6.45) is 3.05. The van der Waals surface area contributed by atoms with E-state index in [2.05, 4.69) is 10.3 Å². The number of nitrogens with one attached hydrogen (secondary N) is 1. The van der Waals surface area contributed by atoms with Crippen LogP contribution in [0.25, 0.3) is 0 Å². The number of rotatable bonds is 7. The molecule has 0 atom stereocenters. The summed E-state index contributed by atoms with van der Waals surface area (Å²) in [5, 5.41) is 11.4. The molecule has 104 valence electrons. The molecule has 19 heavy (non-hydrogen) atoms. The van der Waals surface area contributed by atoms with Crippen molar-refractivity contribution in [3.8, 4) is 0 Å². The van der Waals surface area contributed by atoms with Gasteiger partial charge in [0.25, 0.3) is 0 Å². The number of urea groups is 1. The molecule has 0 aliphatic carbocycles. The fourth-order valence-electron chi connectivity index (χ4n) is 1.64. The summed E-state index contributed by atoms with van der Waals surface area (Å²) >= 11 is 0. The van der Waals surface area contributed by atoms with E-state index in [1.807, 2.05) is 25.1 Å². The van der Waals surface area contributed by atoms with Crippen molar-refractivity contribution in [1.82, 2.24) is 15.2 Å². The maximum atomic E-state index is 11.8. The minimum Gasteiger partial charge on any atom is -0.480 e. The van der Waals surface area contributed by atoms with E-state index in [1.165, 1.54) is 4.90 Å². The number of aliphatic carboxylic acids is 1. The summed E-state index contributed by atoms with van der Waals surface area (Å²) in [6, 6.07) is 5.25. The molecule has 0 bridgehead atoms. The zero-order valence-electron chi connectivity index (χ0n) is 11.0. The molecule has 0 aliphatic rings. The van der Waals surface area contributed by atoms with Gasteiger partial charge in [0, 0.05) is 31.4 Å². The molecule has 0 unspecified atom stereocenters. The Hall–Kier alpha value is -2.11. The van der Waals surface area contributed by atoms with E-state index in [1.54, 1.807) is 6.20 Å². The summed E-state index contributed by atoms with van der Waals surface area (Å²) in [6.45, 7) is 2.50. The molecule has 6 nitrogen and oxygen atoms in total. The minimum absolute atomic E-state index is 0.275. The third kappa shape index (κ3) is 5.85. The molecule has 0 aliphatic heterocycles. The van der Waals surface area contributed by atoms with Gasteiger partial charge in [0.15, 0.2) is 0 Å². The molecule has 0 aromatic carbocycles. The Morgan fingerprint density at radius 1 is 1.42 bits per heavy atom. The first-order valence-electron chi connectivity index (χ1n) is 6.28. The Kier molecular flexibility index (Phi) is 6.35. The van der Waals surface area contributed by atoms with Crippen molar-refractivity contribution >= 4 is 12.0 Å². The predicted molar refractivity (Wildman–Crippen MR) is 70.8 cm³/mol. The quantitative estimate of drug-likeness (QED) is 0.774. The average Bonchev–Trinajstić information content (AvgIpc) is 2.39. The highest BCUT2D eigenvalue weighted by atomic mass is 16.4. The molecule has 1 aromatic rings. The monoisotopic (exact) mass is 265 g/mol. The number of amides is 2. The lowest BCUT2D eigenvalue weighted by atomic mass is 10.3. The molecular formula is C13H19N3O3. The van der Waals surface area contributed by atoms with Gasteiger partial charge >= 0.3 is 12.0 Å². The molecule has 2 amide bonds. The van der Waals surface area contributed by atoms with Crippen molar-refractivity contribution in [3.63, 3.8) is 0 Å². The predicted octanol–water partition coefficient (Wildman–Crippen LogP) is 1.13. The van der Waals surface area contributed by atoms with Crippen LogP contribution in [0.2, 0.25) is 0 Å². The molecule has 2 N–H and O–H groups in total. The van der Waals surface area contributed by atoms with Crippen molar-refractivity contribution < 1.29 is 14.7 Å². The Balaban J connectivity index is 2.37. The summed E-state index contributed by atoms with van der Waals surface area (Å²) in [4.78, 5) is 27.9. The second-order valence-electron chi connectivity index (χ2n) is 4.12. The highest BCUT2D eigenvalue weighted by Gasteiger charge is 2.14. The van der Waals surface area contributed by atoms with Crippen molar-refractivity contribution in [2.24, 2.45) is 0 Å². The molecular weight excluding hydrogens is 246 g/mol. The zero-order chi connectivity index (χ0) is 14.1. The largest absolute Gasteiger partial charge is 0.480 e. The number of carbonyl (C=O) groups excluding carboxylic acids is 1. The fourth-order valence-corrected chi connectivity index (χ4v) is 1.64. The second-order valence-corrected chi connectivity index (χ2v) is 4.12. The van der Waals surface area contributed by atoms with Crippen molar-refractivity contribution in [3.05, 3.63) is 30.1 Å². The van der Waals surface area contributed by atoms with Crippen LogP contribution in [0.3, 0.4) is 0 Å². The van der Waals surface area contributed by atoms with E-state index >= 15 is 0 Å². The van der Waals surface area contributed by atoms with Gasteiger partial charge in [-0.1, -0.05) is 13.0 Å². The fraction of sp³-hybridized carbons (Fsp3) is 0.462. The van der Waals surface area contributed by atoms with E-state index < -0.39 is 5.97 Å². The van der Waals surface area contributed by atoms with Crippen LogP contribution in [0.1, 0.15) is 19.0 Å². The Labute approximate surface area is 112 Å². The van der Waals surface area contributed by atoms with Crippen LogP contribution >= 0.6 is 0 Å². The summed E-state index contributed by atoms with van der Waals surface area (Å²) < 4.78 is 0. The van der Waals surface area contributed by atoms with Gasteiger partial charge in [-0.25, -0.2) is 4.79 Å². The topological polar surface area (TPSA) is 82.5 Å². The first-order chi connectivity index (χ1) is 9.13. The van der Waals surface area contributed by atoms with Gasteiger partial charge in [-0.3, -0.25) is 9.78 Å². The van der Waals surface area contributed by atoms with Crippen LogP contribution in [0, 0.1) is 0 Å². The number of pyridine rings is 1. The molecule has 0 fully saturated rings. The molecule has 6 heteroatoms. The summed E-state index contributed by atoms with van der Waals surface area (Å²) in [5.41, 5.74) is 0.892. The average molecular weight is 265 g/mol. The lowest BCUT2D eigenvalue weighted by Gasteiger charge is -2.20. The molecule has 0 saturated heterocycles. The van der Waals surface area contributed by atoms with Gasteiger partial charge in [-0.15, -0.1) is 0 Å². The van der Waals surface area contributed by atoms with Crippen LogP contribution in [-0.4, -0.2) is 46.6 Å². The van der Waals surface area contributed by atoms with Crippen molar-refractivity contribution in [2.75, 3.05) is 19.6 Å². The number of hydrogen-bond donors (Lipinski definition) is 2. The van der Waals surface area contributed by atoms with Crippen LogP contribution in [0.15, 0.2) is 24.4 Å². The van der Waals surface area contributed by atoms with E-state index in [9.17, 15) is 9.59 Å². The molecule has 0 radical (unpaired) electrons. The Bertz CT molecular complexity index is 409. The number of hydrogen-bond acceptors (Lipinski definition) is 3. The molecule has 0 saturated carbocycles. The summed E-state index contributed by atoms with van der Waals surface area (Å²) in [5.74, 6) is -1.01. The third-order valence-electron chi connectivity index (χ3n) is 2.49. The maximum Gasteiger partial charge on any atom is 0.323 e. The molecule has 1 rings (SSSR count). The second kappa shape index (κ2) is 8.07. The van der Waals surface area contributed by atoms with Crippen LogP contribution in [0.4, 0.5) is 4.79 Å². The highest BCUT2D eigenvalue weighted by molar-refractivity contribution is 5.80. The van der Waals surface area contributed by atoms with E-state index in [0.717, 1.165) is 12.1 Å². The number of nitrogens with zero attached hydrogens (tertiary/aromatic N) is 2. The summed E-state index contributed by atoms with van der Waals surface area (Å²) in [7, 11) is 0. The van der Waals surface area contributed by atoms with Crippen molar-refractivity contribution in [1.29, 1.82) is 0 Å². The standard InChI is InChI=1S/C13H19N3O3/c1-2-9-16(10-12(17)18)13(19)15-8-6-11-5-3-4-7-14-11/h3-5,7H,2,6,8-10H2,1H3,(H,15,19)(H,17,18). The lowest BCUT2D eigenvalue weighted by molar-refractivity contribution is -0.137. The van der Waals surface area contributed by atoms with Gasteiger partial charge < -0.3 is 15.3 Å². The van der Waals surface area contributed by atoms with Gasteiger partial charge in [-0.05, 0) is 18.6 Å². The zero-order valence-corrected chi connectivity index (χ0v) is 11.0. The number of carboxylic acids is 1. The third-order valence-corrected chi connectivity index (χ3v) is 2.49. The molecule has 1 aromatic heterocycles. The van der Waals surface area contributed by atoms with Crippen LogP contribution < -0.4 is 5.32 Å². The number of carboxylic acid groups (broad SMARTS) is 1. The van der Waals surface area contributed by atoms with E-state index in [-0.39, 0.29) is 12.6 Å². The van der Waals surface area contributed by atoms with E-state index in [0.29, 0.717) is 19.5 Å². The smallest absolute Gasteiger partial charge is 0.323 e. The lowest BCUT2D eigenvalue weighted by Crippen LogP contribution is -2.43. The van der Waals surface area contributed by atoms with Gasteiger partial charge in [0.05, 0.1) is 0 Å². The highest BCUT2D eigenvalue weighted by Crippen LogP contribution is 1.95. The molecule has 0 spiro atoms. The Morgan fingerprint density at radius 3 is 2.79 bits per heavy atom. The van der Waals surface area contributed by atoms with Gasteiger partial charge in [0.2, 0.25) is 0 Å². The minimum atomic E-state index is -1.01. The van der Waals surface area contributed by atoms with E-state index in [4.69, 9.17) is 5.11 Å². The molecule has 1 heterocycles. The van der Waals surface area contributed by atoms with Crippen LogP contribution in [-0.2, 0) is 11.2 Å². The SMILES string of the molecule is CCCN(CC(=O)O)C(=O)NCCc1ccccn1. The first-order valence-corrected chi connectivity index (χ1v) is 6.28. The van der Waals surface area contributed by atoms with Crippen molar-refractivity contribution in [2.45, 2.75) is 19.8 Å². The Morgan fingerprint density at radius 2 is 2.21 bits per heavy atom. The first kappa shape index (κ1) is 14.9. The van der Waals surface area contributed by atoms with Crippen LogP contribution in [0.5, 0.6) is 0 Å². The number of aromatic nitrogens is 1.